The lowest BCUT2D eigenvalue weighted by Crippen LogP contribution is -2.45. The van der Waals surface area contributed by atoms with Gasteiger partial charge in [-0.3, -0.25) is 9.89 Å². The van der Waals surface area contributed by atoms with E-state index in [4.69, 9.17) is 19.2 Å². The van der Waals surface area contributed by atoms with Crippen LogP contribution in [0, 0.1) is 0 Å². The largest absolute Gasteiger partial charge is 0.497 e. The van der Waals surface area contributed by atoms with Crippen LogP contribution < -0.4 is 15.4 Å². The fourth-order valence-corrected chi connectivity index (χ4v) is 4.27. The normalized spacial score (nSPS) is 20.7. The molecular formula is C23H38N4O3. The first-order chi connectivity index (χ1) is 14.7. The molecule has 0 aliphatic carbocycles. The average molecular weight is 419 g/mol. The van der Waals surface area contributed by atoms with Crippen molar-refractivity contribution < 1.29 is 14.2 Å². The van der Waals surface area contributed by atoms with Crippen LogP contribution in [-0.4, -0.2) is 76.6 Å². The number of benzene rings is 1. The van der Waals surface area contributed by atoms with E-state index in [9.17, 15) is 0 Å². The molecule has 168 valence electrons. The second-order valence-electron chi connectivity index (χ2n) is 8.11. The van der Waals surface area contributed by atoms with Gasteiger partial charge < -0.3 is 24.8 Å². The van der Waals surface area contributed by atoms with Crippen LogP contribution in [0.15, 0.2) is 29.3 Å². The summed E-state index contributed by atoms with van der Waals surface area (Å²) < 4.78 is 16.7. The maximum Gasteiger partial charge on any atom is 0.191 e. The molecule has 2 aliphatic rings. The van der Waals surface area contributed by atoms with E-state index in [2.05, 4.69) is 34.6 Å². The molecule has 0 bridgehead atoms. The molecule has 2 aliphatic heterocycles. The summed E-state index contributed by atoms with van der Waals surface area (Å²) in [4.78, 5) is 7.44. The van der Waals surface area contributed by atoms with E-state index in [1.54, 1.807) is 14.2 Å². The molecule has 1 aromatic rings. The molecule has 7 nitrogen and oxygen atoms in total. The second kappa shape index (κ2) is 11.5. The van der Waals surface area contributed by atoms with Crippen LogP contribution in [0.1, 0.15) is 44.2 Å². The number of aliphatic imine (C=N–C) groups is 1. The van der Waals surface area contributed by atoms with Crippen LogP contribution in [-0.2, 0) is 9.47 Å². The molecule has 0 radical (unpaired) electrons. The fourth-order valence-electron chi connectivity index (χ4n) is 4.27. The molecule has 2 fully saturated rings. The zero-order valence-electron chi connectivity index (χ0n) is 18.8. The van der Waals surface area contributed by atoms with Gasteiger partial charge in [-0.05, 0) is 50.6 Å². The van der Waals surface area contributed by atoms with Crippen LogP contribution in [0.2, 0.25) is 0 Å². The third kappa shape index (κ3) is 6.09. The summed E-state index contributed by atoms with van der Waals surface area (Å²) in [6.07, 6.45) is 4.29. The van der Waals surface area contributed by atoms with Crippen molar-refractivity contribution in [2.24, 2.45) is 4.99 Å². The Balaban J connectivity index is 1.68. The maximum atomic E-state index is 5.84. The molecule has 0 spiro atoms. The number of methoxy groups -OCH3 is 2. The maximum absolute atomic E-state index is 5.84. The molecule has 1 aromatic carbocycles. The van der Waals surface area contributed by atoms with Gasteiger partial charge in [0.15, 0.2) is 5.96 Å². The van der Waals surface area contributed by atoms with E-state index in [0.717, 1.165) is 63.9 Å². The summed E-state index contributed by atoms with van der Waals surface area (Å²) in [6, 6.07) is 8.75. The smallest absolute Gasteiger partial charge is 0.191 e. The molecule has 30 heavy (non-hydrogen) atoms. The third-order valence-corrected chi connectivity index (χ3v) is 6.25. The summed E-state index contributed by atoms with van der Waals surface area (Å²) >= 11 is 0. The highest BCUT2D eigenvalue weighted by molar-refractivity contribution is 5.79. The summed E-state index contributed by atoms with van der Waals surface area (Å²) in [5.74, 6) is 1.74. The molecule has 7 heteroatoms. The first-order valence-electron chi connectivity index (χ1n) is 11.2. The molecule has 0 saturated carbocycles. The highest BCUT2D eigenvalue weighted by atomic mass is 16.5. The fraction of sp³-hybridized carbons (Fsp3) is 0.696. The van der Waals surface area contributed by atoms with Crippen LogP contribution in [0.4, 0.5) is 0 Å². The SMILES string of the molecule is CCNC(=NCC1(OC)CCOCC1)NCC(c1ccc(OC)cc1)N1CCCC1. The van der Waals surface area contributed by atoms with Crippen molar-refractivity contribution in [2.75, 3.05) is 60.2 Å². The minimum absolute atomic E-state index is 0.217. The van der Waals surface area contributed by atoms with E-state index in [1.165, 1.54) is 18.4 Å². The van der Waals surface area contributed by atoms with E-state index in [1.807, 2.05) is 12.1 Å². The predicted octanol–water partition coefficient (Wildman–Crippen LogP) is 2.58. The Morgan fingerprint density at radius 2 is 1.83 bits per heavy atom. The topological polar surface area (TPSA) is 67.4 Å². The van der Waals surface area contributed by atoms with Crippen molar-refractivity contribution >= 4 is 5.96 Å². The molecule has 0 aromatic heterocycles. The van der Waals surface area contributed by atoms with Gasteiger partial charge in [0, 0.05) is 46.3 Å². The van der Waals surface area contributed by atoms with Crippen LogP contribution in [0.3, 0.4) is 0 Å². The quantitative estimate of drug-likeness (QED) is 0.475. The van der Waals surface area contributed by atoms with Gasteiger partial charge in [-0.2, -0.15) is 0 Å². The van der Waals surface area contributed by atoms with Gasteiger partial charge in [0.2, 0.25) is 0 Å². The van der Waals surface area contributed by atoms with Gasteiger partial charge >= 0.3 is 0 Å². The molecule has 1 unspecified atom stereocenters. The van der Waals surface area contributed by atoms with Crippen molar-refractivity contribution in [1.29, 1.82) is 0 Å². The van der Waals surface area contributed by atoms with Gasteiger partial charge in [-0.15, -0.1) is 0 Å². The van der Waals surface area contributed by atoms with Gasteiger partial charge in [-0.1, -0.05) is 12.1 Å². The summed E-state index contributed by atoms with van der Waals surface area (Å²) in [5.41, 5.74) is 1.09. The number of ether oxygens (including phenoxy) is 3. The van der Waals surface area contributed by atoms with Crippen LogP contribution in [0.25, 0.3) is 0 Å². The number of hydrogen-bond donors (Lipinski definition) is 2. The second-order valence-corrected chi connectivity index (χ2v) is 8.11. The zero-order chi connectivity index (χ0) is 21.2. The Morgan fingerprint density at radius 3 is 2.43 bits per heavy atom. The van der Waals surface area contributed by atoms with E-state index in [0.29, 0.717) is 12.6 Å². The Kier molecular flexibility index (Phi) is 8.78. The lowest BCUT2D eigenvalue weighted by Gasteiger charge is -2.34. The lowest BCUT2D eigenvalue weighted by atomic mass is 9.94. The third-order valence-electron chi connectivity index (χ3n) is 6.25. The van der Waals surface area contributed by atoms with Gasteiger partial charge in [-0.25, -0.2) is 0 Å². The predicted molar refractivity (Wildman–Crippen MR) is 120 cm³/mol. The molecular weight excluding hydrogens is 380 g/mol. The lowest BCUT2D eigenvalue weighted by molar-refractivity contribution is -0.0828. The molecule has 0 amide bonds. The number of guanidine groups is 1. The summed E-state index contributed by atoms with van der Waals surface area (Å²) in [5, 5.41) is 6.98. The number of hydrogen-bond acceptors (Lipinski definition) is 5. The molecule has 1 atom stereocenters. The number of likely N-dealkylation sites (tertiary alicyclic amines) is 1. The van der Waals surface area contributed by atoms with Crippen LogP contribution >= 0.6 is 0 Å². The van der Waals surface area contributed by atoms with Gasteiger partial charge in [0.1, 0.15) is 5.75 Å². The number of nitrogens with one attached hydrogen (secondary N) is 2. The summed E-state index contributed by atoms with van der Waals surface area (Å²) in [7, 11) is 3.49. The molecule has 2 saturated heterocycles. The average Bonchev–Trinajstić information content (AvgIpc) is 3.33. The van der Waals surface area contributed by atoms with Gasteiger partial charge in [0.25, 0.3) is 0 Å². The van der Waals surface area contributed by atoms with Crippen molar-refractivity contribution in [3.05, 3.63) is 29.8 Å². The monoisotopic (exact) mass is 418 g/mol. The summed E-state index contributed by atoms with van der Waals surface area (Å²) in [6.45, 7) is 8.12. The Labute approximate surface area is 181 Å². The van der Waals surface area contributed by atoms with E-state index >= 15 is 0 Å². The van der Waals surface area contributed by atoms with Gasteiger partial charge in [0.05, 0.1) is 25.3 Å². The van der Waals surface area contributed by atoms with Crippen molar-refractivity contribution in [1.82, 2.24) is 15.5 Å². The van der Waals surface area contributed by atoms with Crippen molar-refractivity contribution in [3.63, 3.8) is 0 Å². The Morgan fingerprint density at radius 1 is 1.13 bits per heavy atom. The highest BCUT2D eigenvalue weighted by Crippen LogP contribution is 2.27. The minimum Gasteiger partial charge on any atom is -0.497 e. The Hall–Kier alpha value is -1.83. The standard InChI is InChI=1S/C23H38N4O3/c1-4-24-22(26-18-23(29-3)11-15-30-16-12-23)25-17-21(27-13-5-6-14-27)19-7-9-20(28-2)10-8-19/h7-10,21H,4-6,11-18H2,1-3H3,(H2,24,25,26). The molecule has 2 N–H and O–H groups in total. The zero-order valence-corrected chi connectivity index (χ0v) is 18.8. The number of rotatable bonds is 9. The minimum atomic E-state index is -0.217. The first kappa shape index (κ1) is 22.8. The van der Waals surface area contributed by atoms with E-state index in [-0.39, 0.29) is 5.60 Å². The molecule has 3 rings (SSSR count). The highest BCUT2D eigenvalue weighted by Gasteiger charge is 2.32. The van der Waals surface area contributed by atoms with Crippen molar-refractivity contribution in [3.8, 4) is 5.75 Å². The van der Waals surface area contributed by atoms with E-state index < -0.39 is 0 Å². The van der Waals surface area contributed by atoms with Crippen molar-refractivity contribution in [2.45, 2.75) is 44.2 Å². The molecule has 2 heterocycles. The first-order valence-corrected chi connectivity index (χ1v) is 11.2. The Bertz CT molecular complexity index is 653. The van der Waals surface area contributed by atoms with Crippen LogP contribution in [0.5, 0.6) is 5.75 Å². The number of nitrogens with zero attached hydrogens (tertiary/aromatic N) is 2.